The van der Waals surface area contributed by atoms with Gasteiger partial charge in [0.2, 0.25) is 11.8 Å². The van der Waals surface area contributed by atoms with Gasteiger partial charge in [-0.2, -0.15) is 0 Å². The van der Waals surface area contributed by atoms with E-state index in [1.165, 1.54) is 4.90 Å². The van der Waals surface area contributed by atoms with Gasteiger partial charge in [-0.3, -0.25) is 9.59 Å². The smallest absolute Gasteiger partial charge is 0.338 e. The van der Waals surface area contributed by atoms with Crippen LogP contribution in [0, 0.1) is 11.8 Å². The van der Waals surface area contributed by atoms with Gasteiger partial charge >= 0.3 is 5.97 Å². The van der Waals surface area contributed by atoms with Gasteiger partial charge in [0, 0.05) is 43.8 Å². The second kappa shape index (κ2) is 17.9. The van der Waals surface area contributed by atoms with Crippen molar-refractivity contribution in [1.82, 2.24) is 10.2 Å². The van der Waals surface area contributed by atoms with E-state index in [2.05, 4.69) is 5.32 Å². The van der Waals surface area contributed by atoms with Crippen molar-refractivity contribution in [2.45, 2.75) is 99.4 Å². The van der Waals surface area contributed by atoms with Gasteiger partial charge in [-0.15, -0.1) is 0 Å². The Bertz CT molecular complexity index is 1770. The van der Waals surface area contributed by atoms with Gasteiger partial charge in [-0.25, -0.2) is 4.79 Å². The van der Waals surface area contributed by atoms with Crippen molar-refractivity contribution in [2.75, 3.05) is 33.4 Å². The first-order chi connectivity index (χ1) is 27.5. The highest BCUT2D eigenvalue weighted by atomic mass is 16.8. The Kier molecular flexibility index (Phi) is 12.9. The summed E-state index contributed by atoms with van der Waals surface area (Å²) in [7, 11) is 1.57. The van der Waals surface area contributed by atoms with Crippen molar-refractivity contribution in [3.63, 3.8) is 0 Å². The average molecular weight is 793 g/mol. The number of aliphatic hydroxyl groups excluding tert-OH is 5. The van der Waals surface area contributed by atoms with Crippen LogP contribution in [0.5, 0.6) is 0 Å². The number of nitrogens with one attached hydrogen (secondary N) is 1. The molecule has 3 aliphatic carbocycles. The lowest BCUT2D eigenvalue weighted by Gasteiger charge is -2.39. The molecule has 15 nitrogen and oxygen atoms in total. The van der Waals surface area contributed by atoms with Gasteiger partial charge in [0.25, 0.3) is 0 Å². The number of likely N-dealkylation sites (N-methyl/N-ethyl adjacent to an activating group) is 1. The first kappa shape index (κ1) is 41.1. The van der Waals surface area contributed by atoms with Gasteiger partial charge in [-0.05, 0) is 55.0 Å². The second-order valence-corrected chi connectivity index (χ2v) is 15.5. The number of rotatable bonds is 16. The molecule has 2 aromatic carbocycles. The molecular formula is C42H52N2O13. The number of ether oxygens (including phenoxy) is 5. The SMILES string of the molecule is CN(C(=O)C1=CC2OC(C3CC3)(C3CC3)OC2C(OC(=O)c2ccc(C=CCOC3OC(CO)C(O)C(O)C3O)cc2)C1)C(Cc1ccccc1)C(=O)NCCO. The van der Waals surface area contributed by atoms with Crippen LogP contribution in [0.15, 0.2) is 72.3 Å². The maximum atomic E-state index is 14.3. The first-order valence-corrected chi connectivity index (χ1v) is 19.7. The fourth-order valence-electron chi connectivity index (χ4n) is 7.94. The third kappa shape index (κ3) is 9.17. The molecule has 2 heterocycles. The zero-order valence-corrected chi connectivity index (χ0v) is 31.8. The number of esters is 1. The van der Waals surface area contributed by atoms with E-state index in [0.29, 0.717) is 5.57 Å². The minimum atomic E-state index is -1.54. The van der Waals surface area contributed by atoms with Crippen LogP contribution < -0.4 is 5.32 Å². The van der Waals surface area contributed by atoms with E-state index in [1.807, 2.05) is 30.3 Å². The maximum Gasteiger partial charge on any atom is 0.338 e. The van der Waals surface area contributed by atoms with E-state index < -0.39 is 85.2 Å². The molecule has 2 saturated heterocycles. The molecule has 4 fully saturated rings. The van der Waals surface area contributed by atoms with E-state index in [-0.39, 0.29) is 50.0 Å². The number of nitrogens with zero attached hydrogens (tertiary/aromatic N) is 1. The van der Waals surface area contributed by atoms with Gasteiger partial charge in [0.05, 0.1) is 25.4 Å². The molecule has 2 aliphatic heterocycles. The molecule has 308 valence electrons. The van der Waals surface area contributed by atoms with Crippen molar-refractivity contribution in [3.05, 3.63) is 89.0 Å². The minimum Gasteiger partial charge on any atom is -0.456 e. The Hall–Kier alpha value is -4.03. The zero-order chi connectivity index (χ0) is 40.3. The summed E-state index contributed by atoms with van der Waals surface area (Å²) >= 11 is 0. The number of amides is 2. The van der Waals surface area contributed by atoms with E-state index in [9.17, 15) is 39.9 Å². The predicted molar refractivity (Wildman–Crippen MR) is 202 cm³/mol. The topological polar surface area (TPSA) is 214 Å². The van der Waals surface area contributed by atoms with Gasteiger partial charge in [0.1, 0.15) is 48.8 Å². The molecule has 0 spiro atoms. The lowest BCUT2D eigenvalue weighted by Crippen LogP contribution is -2.59. The second-order valence-electron chi connectivity index (χ2n) is 15.5. The molecule has 9 atom stereocenters. The molecule has 2 saturated carbocycles. The average Bonchev–Trinajstić information content (AvgIpc) is 4.18. The van der Waals surface area contributed by atoms with Gasteiger partial charge < -0.3 is 59.4 Å². The van der Waals surface area contributed by atoms with Gasteiger partial charge in [-0.1, -0.05) is 54.6 Å². The van der Waals surface area contributed by atoms with Crippen LogP contribution in [-0.2, 0) is 39.7 Å². The summed E-state index contributed by atoms with van der Waals surface area (Å²) in [6.45, 7) is -0.780. The Morgan fingerprint density at radius 2 is 1.65 bits per heavy atom. The third-order valence-corrected chi connectivity index (χ3v) is 11.4. The molecule has 0 bridgehead atoms. The molecule has 2 aromatic rings. The number of hydrogen-bond acceptors (Lipinski definition) is 13. The summed E-state index contributed by atoms with van der Waals surface area (Å²) in [6.07, 6.45) is 0.358. The molecule has 2 amide bonds. The number of benzene rings is 2. The number of carbonyl (C=O) groups is 3. The van der Waals surface area contributed by atoms with E-state index in [1.54, 1.807) is 49.5 Å². The summed E-state index contributed by atoms with van der Waals surface area (Å²) in [4.78, 5) is 42.7. The van der Waals surface area contributed by atoms with E-state index in [0.717, 1.165) is 36.8 Å². The molecule has 7 rings (SSSR count). The fraction of sp³-hybridized carbons (Fsp3) is 0.548. The van der Waals surface area contributed by atoms with Crippen LogP contribution in [0.4, 0.5) is 0 Å². The van der Waals surface area contributed by atoms with Crippen molar-refractivity contribution < 1.29 is 63.6 Å². The van der Waals surface area contributed by atoms with E-state index >= 15 is 0 Å². The normalized spacial score (nSPS) is 30.0. The fourth-order valence-corrected chi connectivity index (χ4v) is 7.94. The Morgan fingerprint density at radius 3 is 2.30 bits per heavy atom. The standard InChI is InChI=1S/C42H52N2O13/c1-44(30(38(50)43-17-18-45)20-25-6-3-2-4-7-25)39(51)27-21-31(37-32(22-27)56-42(57-37,28-13-14-28)29-15-16-29)54-40(52)26-11-9-24(10-12-26)8-5-19-53-41-36(49)35(48)34(47)33(23-46)55-41/h2-12,22,28-37,41,45-49H,13-21,23H2,1H3,(H,43,50). The number of carbonyl (C=O) groups excluding carboxylic acids is 3. The summed E-state index contributed by atoms with van der Waals surface area (Å²) in [5, 5.41) is 51.6. The molecule has 9 unspecified atom stereocenters. The highest BCUT2D eigenvalue weighted by Gasteiger charge is 2.64. The third-order valence-electron chi connectivity index (χ3n) is 11.4. The quantitative estimate of drug-likeness (QED) is 0.130. The van der Waals surface area contributed by atoms with Crippen molar-refractivity contribution in [3.8, 4) is 0 Å². The first-order valence-electron chi connectivity index (χ1n) is 19.7. The Labute approximate surface area is 330 Å². The zero-order valence-electron chi connectivity index (χ0n) is 31.8. The van der Waals surface area contributed by atoms with Crippen LogP contribution >= 0.6 is 0 Å². The lowest BCUT2D eigenvalue weighted by molar-refractivity contribution is -0.298. The largest absolute Gasteiger partial charge is 0.456 e. The number of fused-ring (bicyclic) bond motifs is 1. The Morgan fingerprint density at radius 1 is 0.947 bits per heavy atom. The summed E-state index contributed by atoms with van der Waals surface area (Å²) in [5.74, 6) is -1.73. The summed E-state index contributed by atoms with van der Waals surface area (Å²) in [6, 6.07) is 15.1. The summed E-state index contributed by atoms with van der Waals surface area (Å²) < 4.78 is 30.5. The van der Waals surface area contributed by atoms with Crippen LogP contribution in [-0.4, -0.2) is 142 Å². The predicted octanol–water partition coefficient (Wildman–Crippen LogP) is 0.850. The molecule has 15 heteroatoms. The highest BCUT2D eigenvalue weighted by molar-refractivity contribution is 5.97. The molecule has 0 radical (unpaired) electrons. The molecule has 5 aliphatic rings. The maximum absolute atomic E-state index is 14.3. The minimum absolute atomic E-state index is 0.0217. The molecule has 57 heavy (non-hydrogen) atoms. The number of aliphatic hydroxyl groups is 5. The highest BCUT2D eigenvalue weighted by Crippen LogP contribution is 2.59. The van der Waals surface area contributed by atoms with Gasteiger partial charge in [0.15, 0.2) is 12.1 Å². The van der Waals surface area contributed by atoms with Crippen LogP contribution in [0.25, 0.3) is 6.08 Å². The van der Waals surface area contributed by atoms with Crippen LogP contribution in [0.2, 0.25) is 0 Å². The monoisotopic (exact) mass is 792 g/mol. The van der Waals surface area contributed by atoms with Crippen molar-refractivity contribution >= 4 is 23.9 Å². The van der Waals surface area contributed by atoms with Crippen molar-refractivity contribution in [2.24, 2.45) is 11.8 Å². The van der Waals surface area contributed by atoms with Crippen LogP contribution in [0.1, 0.15) is 53.6 Å². The molecule has 0 aromatic heterocycles. The van der Waals surface area contributed by atoms with E-state index in [4.69, 9.17) is 23.7 Å². The number of hydrogen-bond donors (Lipinski definition) is 6. The Balaban J connectivity index is 1.04. The van der Waals surface area contributed by atoms with Crippen molar-refractivity contribution in [1.29, 1.82) is 0 Å². The molecule has 6 N–H and O–H groups in total. The van der Waals surface area contributed by atoms with Crippen LogP contribution in [0.3, 0.4) is 0 Å². The summed E-state index contributed by atoms with van der Waals surface area (Å²) in [5.41, 5.74) is 2.21. The lowest BCUT2D eigenvalue weighted by atomic mass is 9.90. The molecular weight excluding hydrogens is 740 g/mol.